The summed E-state index contributed by atoms with van der Waals surface area (Å²) in [7, 11) is 1.09. The van der Waals surface area contributed by atoms with E-state index in [0.717, 1.165) is 7.11 Å². The van der Waals surface area contributed by atoms with Crippen molar-refractivity contribution >= 4 is 5.97 Å². The number of esters is 1. The van der Waals surface area contributed by atoms with Crippen LogP contribution in [0.3, 0.4) is 0 Å². The highest BCUT2D eigenvalue weighted by Gasteiger charge is 2.23. The van der Waals surface area contributed by atoms with Crippen molar-refractivity contribution in [3.63, 3.8) is 0 Å². The fraction of sp³-hybridized carbons (Fsp3) is 0.300. The lowest BCUT2D eigenvalue weighted by Gasteiger charge is -2.09. The van der Waals surface area contributed by atoms with Crippen molar-refractivity contribution in [1.82, 2.24) is 4.98 Å². The average Bonchev–Trinajstić information content (AvgIpc) is 2.35. The largest absolute Gasteiger partial charge is 0.465 e. The van der Waals surface area contributed by atoms with Crippen LogP contribution in [0.1, 0.15) is 33.7 Å². The van der Waals surface area contributed by atoms with Crippen molar-refractivity contribution in [3.05, 3.63) is 28.6 Å². The molecule has 2 N–H and O–H groups in total. The molecule has 0 bridgehead atoms. The predicted octanol–water partition coefficient (Wildman–Crippen LogP) is 1.14. The van der Waals surface area contributed by atoms with E-state index >= 15 is 0 Å². The van der Waals surface area contributed by atoms with Crippen LogP contribution in [0.25, 0.3) is 0 Å². The van der Waals surface area contributed by atoms with Crippen LogP contribution in [0, 0.1) is 11.3 Å². The van der Waals surface area contributed by atoms with Gasteiger partial charge in [0, 0.05) is 6.54 Å². The fourth-order valence-electron chi connectivity index (χ4n) is 1.27. The van der Waals surface area contributed by atoms with Gasteiger partial charge in [0.25, 0.3) is 6.43 Å². The standard InChI is InChI=1S/C10H9F2N3O2/c1-17-10(16)6-2-5(3-13)15-8(9(11)12)7(6)4-14/h2,9H,3,13H2,1H3. The molecule has 7 heteroatoms. The van der Waals surface area contributed by atoms with Gasteiger partial charge < -0.3 is 10.5 Å². The predicted molar refractivity (Wildman–Crippen MR) is 53.1 cm³/mol. The summed E-state index contributed by atoms with van der Waals surface area (Å²) in [5.74, 6) is -0.874. The maximum absolute atomic E-state index is 12.7. The number of carbonyl (C=O) groups excluding carboxylic acids is 1. The van der Waals surface area contributed by atoms with Crippen LogP contribution < -0.4 is 5.73 Å². The Labute approximate surface area is 95.8 Å². The number of halogens is 2. The normalized spacial score (nSPS) is 10.1. The Balaban J connectivity index is 3.52. The summed E-state index contributed by atoms with van der Waals surface area (Å²) >= 11 is 0. The summed E-state index contributed by atoms with van der Waals surface area (Å²) in [6.45, 7) is -0.116. The van der Waals surface area contributed by atoms with Crippen molar-refractivity contribution in [2.75, 3.05) is 7.11 Å². The van der Waals surface area contributed by atoms with E-state index in [0.29, 0.717) is 0 Å². The Morgan fingerprint density at radius 2 is 2.35 bits per heavy atom. The van der Waals surface area contributed by atoms with E-state index in [1.165, 1.54) is 12.1 Å². The van der Waals surface area contributed by atoms with Crippen LogP contribution in [-0.4, -0.2) is 18.1 Å². The molecule has 0 unspecified atom stereocenters. The number of nitrogens with two attached hydrogens (primary N) is 1. The molecule has 0 aliphatic carbocycles. The molecule has 1 heterocycles. The van der Waals surface area contributed by atoms with Gasteiger partial charge in [-0.2, -0.15) is 5.26 Å². The van der Waals surface area contributed by atoms with E-state index in [9.17, 15) is 13.6 Å². The third-order valence-electron chi connectivity index (χ3n) is 2.03. The monoisotopic (exact) mass is 241 g/mol. The zero-order chi connectivity index (χ0) is 13.0. The van der Waals surface area contributed by atoms with Gasteiger partial charge in [-0.25, -0.2) is 18.6 Å². The molecule has 0 saturated carbocycles. The number of hydrogen-bond acceptors (Lipinski definition) is 5. The number of carbonyl (C=O) groups is 1. The number of hydrogen-bond donors (Lipinski definition) is 1. The Bertz CT molecular complexity index is 483. The zero-order valence-electron chi connectivity index (χ0n) is 8.91. The first-order chi connectivity index (χ1) is 8.04. The van der Waals surface area contributed by atoms with Gasteiger partial charge in [-0.3, -0.25) is 0 Å². The van der Waals surface area contributed by atoms with E-state index in [1.807, 2.05) is 0 Å². The number of aromatic nitrogens is 1. The molecular formula is C10H9F2N3O2. The number of rotatable bonds is 3. The van der Waals surface area contributed by atoms with Crippen molar-refractivity contribution in [2.24, 2.45) is 5.73 Å². The summed E-state index contributed by atoms with van der Waals surface area (Å²) < 4.78 is 29.8. The zero-order valence-corrected chi connectivity index (χ0v) is 8.91. The minimum atomic E-state index is -2.96. The highest BCUT2D eigenvalue weighted by atomic mass is 19.3. The number of nitriles is 1. The second kappa shape index (κ2) is 5.32. The molecule has 0 spiro atoms. The Hall–Kier alpha value is -2.07. The topological polar surface area (TPSA) is 89.0 Å². The first-order valence-electron chi connectivity index (χ1n) is 4.55. The number of alkyl halides is 2. The molecular weight excluding hydrogens is 232 g/mol. The van der Waals surface area contributed by atoms with Gasteiger partial charge in [0.2, 0.25) is 0 Å². The quantitative estimate of drug-likeness (QED) is 0.801. The lowest BCUT2D eigenvalue weighted by atomic mass is 10.1. The van der Waals surface area contributed by atoms with Crippen molar-refractivity contribution in [2.45, 2.75) is 13.0 Å². The second-order valence-corrected chi connectivity index (χ2v) is 3.03. The summed E-state index contributed by atoms with van der Waals surface area (Å²) in [5.41, 5.74) is 3.89. The van der Waals surface area contributed by atoms with Crippen molar-refractivity contribution in [1.29, 1.82) is 5.26 Å². The van der Waals surface area contributed by atoms with Crippen molar-refractivity contribution in [3.8, 4) is 6.07 Å². The lowest BCUT2D eigenvalue weighted by molar-refractivity contribution is 0.0599. The van der Waals surface area contributed by atoms with Gasteiger partial charge in [0.05, 0.1) is 23.9 Å². The van der Waals surface area contributed by atoms with E-state index in [2.05, 4.69) is 9.72 Å². The Morgan fingerprint density at radius 3 is 2.76 bits per heavy atom. The molecule has 1 rings (SSSR count). The van der Waals surface area contributed by atoms with Crippen LogP contribution >= 0.6 is 0 Å². The molecule has 1 aromatic rings. The minimum Gasteiger partial charge on any atom is -0.465 e. The average molecular weight is 241 g/mol. The molecule has 0 aliphatic heterocycles. The Kier molecular flexibility index (Phi) is 4.06. The molecule has 0 saturated heterocycles. The fourth-order valence-corrected chi connectivity index (χ4v) is 1.27. The summed E-state index contributed by atoms with van der Waals surface area (Å²) in [4.78, 5) is 14.9. The van der Waals surface area contributed by atoms with Gasteiger partial charge in [0.15, 0.2) is 0 Å². The summed E-state index contributed by atoms with van der Waals surface area (Å²) in [6, 6.07) is 2.70. The van der Waals surface area contributed by atoms with Crippen LogP contribution in [-0.2, 0) is 11.3 Å². The molecule has 0 radical (unpaired) electrons. The van der Waals surface area contributed by atoms with E-state index in [-0.39, 0.29) is 17.8 Å². The number of methoxy groups -OCH3 is 1. The molecule has 0 aromatic carbocycles. The maximum Gasteiger partial charge on any atom is 0.339 e. The maximum atomic E-state index is 12.7. The third-order valence-corrected chi connectivity index (χ3v) is 2.03. The van der Waals surface area contributed by atoms with Crippen LogP contribution in [0.2, 0.25) is 0 Å². The van der Waals surface area contributed by atoms with Gasteiger partial charge >= 0.3 is 5.97 Å². The first kappa shape index (κ1) is 13.0. The minimum absolute atomic E-state index is 0.0969. The molecule has 5 nitrogen and oxygen atoms in total. The second-order valence-electron chi connectivity index (χ2n) is 3.03. The summed E-state index contributed by atoms with van der Waals surface area (Å²) in [5, 5.41) is 8.79. The number of ether oxygens (including phenoxy) is 1. The molecule has 0 aliphatic rings. The van der Waals surface area contributed by atoms with Crippen LogP contribution in [0.5, 0.6) is 0 Å². The highest BCUT2D eigenvalue weighted by molar-refractivity contribution is 5.92. The van der Waals surface area contributed by atoms with Gasteiger partial charge in [-0.15, -0.1) is 0 Å². The number of pyridine rings is 1. The van der Waals surface area contributed by atoms with E-state index in [1.54, 1.807) is 0 Å². The Morgan fingerprint density at radius 1 is 1.71 bits per heavy atom. The van der Waals surface area contributed by atoms with Gasteiger partial charge in [-0.05, 0) is 6.07 Å². The lowest BCUT2D eigenvalue weighted by Crippen LogP contribution is -2.12. The van der Waals surface area contributed by atoms with Crippen molar-refractivity contribution < 1.29 is 18.3 Å². The molecule has 0 fully saturated rings. The molecule has 0 atom stereocenters. The van der Waals surface area contributed by atoms with Crippen LogP contribution in [0.4, 0.5) is 8.78 Å². The number of nitrogens with zero attached hydrogens (tertiary/aromatic N) is 2. The first-order valence-corrected chi connectivity index (χ1v) is 4.55. The van der Waals surface area contributed by atoms with E-state index < -0.39 is 23.7 Å². The smallest absolute Gasteiger partial charge is 0.339 e. The SMILES string of the molecule is COC(=O)c1cc(CN)nc(C(F)F)c1C#N. The summed E-state index contributed by atoms with van der Waals surface area (Å²) in [6.07, 6.45) is -2.96. The molecule has 17 heavy (non-hydrogen) atoms. The molecule has 0 amide bonds. The highest BCUT2D eigenvalue weighted by Crippen LogP contribution is 2.24. The third kappa shape index (κ3) is 2.54. The molecule has 90 valence electrons. The van der Waals surface area contributed by atoms with E-state index in [4.69, 9.17) is 11.0 Å². The van der Waals surface area contributed by atoms with Crippen LogP contribution in [0.15, 0.2) is 6.07 Å². The van der Waals surface area contributed by atoms with Gasteiger partial charge in [0.1, 0.15) is 11.8 Å². The molecule has 1 aromatic heterocycles. The van der Waals surface area contributed by atoms with Gasteiger partial charge in [-0.1, -0.05) is 0 Å².